The normalized spacial score (nSPS) is 18.6. The number of carbonyl (C=O) groups is 2. The summed E-state index contributed by atoms with van der Waals surface area (Å²) in [6.07, 6.45) is 3.19. The first-order valence-corrected chi connectivity index (χ1v) is 9.91. The largest absolute Gasteiger partial charge is 0.469 e. The van der Waals surface area contributed by atoms with E-state index in [2.05, 4.69) is 0 Å². The van der Waals surface area contributed by atoms with Gasteiger partial charge in [-0.25, -0.2) is 13.2 Å². The molecule has 1 aliphatic rings. The van der Waals surface area contributed by atoms with E-state index in [9.17, 15) is 18.0 Å². The minimum absolute atomic E-state index is 0.0353. The summed E-state index contributed by atoms with van der Waals surface area (Å²) in [4.78, 5) is 26.0. The Labute approximate surface area is 150 Å². The lowest BCUT2D eigenvalue weighted by molar-refractivity contribution is -0.137. The van der Waals surface area contributed by atoms with Gasteiger partial charge in [0.1, 0.15) is 17.1 Å². The summed E-state index contributed by atoms with van der Waals surface area (Å²) in [6.45, 7) is 1.25. The molecular weight excluding hydrogens is 362 g/mol. The molecule has 1 amide bonds. The van der Waals surface area contributed by atoms with Crippen LogP contribution in [0.5, 0.6) is 0 Å². The topological polar surface area (TPSA) is 107 Å². The van der Waals surface area contributed by atoms with E-state index in [0.717, 1.165) is 0 Å². The molecule has 26 heavy (non-hydrogen) atoms. The molecule has 1 aliphatic heterocycles. The number of aryl methyl sites for hydroxylation is 1. The monoisotopic (exact) mass is 381 g/mol. The minimum Gasteiger partial charge on any atom is -0.469 e. The van der Waals surface area contributed by atoms with Gasteiger partial charge in [-0.2, -0.15) is 0 Å². The van der Waals surface area contributed by atoms with Gasteiger partial charge in [0.25, 0.3) is 5.91 Å². The first kappa shape index (κ1) is 18.2. The van der Waals surface area contributed by atoms with Gasteiger partial charge in [-0.15, -0.1) is 0 Å². The van der Waals surface area contributed by atoms with E-state index in [1.54, 1.807) is 19.1 Å². The van der Waals surface area contributed by atoms with Crippen LogP contribution in [0, 0.1) is 6.92 Å². The Kier molecular flexibility index (Phi) is 5.17. The average Bonchev–Trinajstić information content (AvgIpc) is 3.31. The number of esters is 1. The first-order valence-electron chi connectivity index (χ1n) is 8.09. The fraction of sp³-hybridized carbons (Fsp3) is 0.412. The molecule has 0 spiro atoms. The van der Waals surface area contributed by atoms with Crippen molar-refractivity contribution >= 4 is 21.7 Å². The smallest absolute Gasteiger partial charge is 0.342 e. The number of hydrogen-bond acceptors (Lipinski definition) is 7. The van der Waals surface area contributed by atoms with E-state index >= 15 is 0 Å². The molecule has 3 rings (SSSR count). The van der Waals surface area contributed by atoms with Crippen LogP contribution in [0.4, 0.5) is 0 Å². The molecule has 0 aliphatic carbocycles. The van der Waals surface area contributed by atoms with Crippen molar-refractivity contribution < 1.29 is 31.6 Å². The third kappa shape index (κ3) is 4.16. The Balaban J connectivity index is 1.68. The molecular formula is C17H19NO7S. The van der Waals surface area contributed by atoms with Crippen LogP contribution in [-0.2, 0) is 25.9 Å². The Bertz CT molecular complexity index is 882. The van der Waals surface area contributed by atoms with Crippen molar-refractivity contribution in [3.05, 3.63) is 47.8 Å². The van der Waals surface area contributed by atoms with Crippen LogP contribution < -0.4 is 0 Å². The Morgan fingerprint density at radius 1 is 1.27 bits per heavy atom. The van der Waals surface area contributed by atoms with E-state index < -0.39 is 34.4 Å². The van der Waals surface area contributed by atoms with E-state index in [1.807, 2.05) is 0 Å². The molecule has 2 aromatic rings. The van der Waals surface area contributed by atoms with Gasteiger partial charge in [0, 0.05) is 6.04 Å². The molecule has 0 unspecified atom stereocenters. The molecule has 2 aromatic heterocycles. The highest BCUT2D eigenvalue weighted by Gasteiger charge is 2.35. The van der Waals surface area contributed by atoms with E-state index in [0.29, 0.717) is 17.9 Å². The summed E-state index contributed by atoms with van der Waals surface area (Å²) in [5.74, 6) is -0.280. The number of amides is 1. The molecule has 8 nitrogen and oxygen atoms in total. The highest BCUT2D eigenvalue weighted by molar-refractivity contribution is 7.91. The summed E-state index contributed by atoms with van der Waals surface area (Å²) in [5, 5.41) is 0. The Morgan fingerprint density at radius 3 is 2.65 bits per heavy atom. The molecule has 0 radical (unpaired) electrons. The number of sulfone groups is 1. The second-order valence-corrected chi connectivity index (χ2v) is 8.35. The van der Waals surface area contributed by atoms with Crippen molar-refractivity contribution in [2.24, 2.45) is 0 Å². The van der Waals surface area contributed by atoms with E-state index in [-0.39, 0.29) is 23.6 Å². The molecule has 1 fully saturated rings. The maximum atomic E-state index is 12.6. The van der Waals surface area contributed by atoms with Gasteiger partial charge in [-0.05, 0) is 31.5 Å². The summed E-state index contributed by atoms with van der Waals surface area (Å²) in [6, 6.07) is 4.38. The summed E-state index contributed by atoms with van der Waals surface area (Å²) >= 11 is 0. The van der Waals surface area contributed by atoms with E-state index in [1.165, 1.54) is 23.5 Å². The lowest BCUT2D eigenvalue weighted by Gasteiger charge is -2.27. The second-order valence-electron chi connectivity index (χ2n) is 6.12. The fourth-order valence-electron chi connectivity index (χ4n) is 2.90. The number of carbonyl (C=O) groups excluding carboxylic acids is 2. The number of hydrogen-bond donors (Lipinski definition) is 0. The Morgan fingerprint density at radius 2 is 2.08 bits per heavy atom. The zero-order valence-electron chi connectivity index (χ0n) is 14.2. The number of ether oxygens (including phenoxy) is 1. The fourth-order valence-corrected chi connectivity index (χ4v) is 4.63. The van der Waals surface area contributed by atoms with E-state index in [4.69, 9.17) is 13.6 Å². The van der Waals surface area contributed by atoms with Crippen molar-refractivity contribution in [1.82, 2.24) is 4.90 Å². The molecule has 0 N–H and O–H groups in total. The lowest BCUT2D eigenvalue weighted by Crippen LogP contribution is -2.42. The molecule has 0 saturated carbocycles. The van der Waals surface area contributed by atoms with Crippen molar-refractivity contribution in [2.45, 2.75) is 25.9 Å². The van der Waals surface area contributed by atoms with Gasteiger partial charge in [-0.1, -0.05) is 0 Å². The van der Waals surface area contributed by atoms with Gasteiger partial charge in [0.2, 0.25) is 0 Å². The van der Waals surface area contributed by atoms with Gasteiger partial charge in [0.05, 0.1) is 30.6 Å². The third-order valence-corrected chi connectivity index (χ3v) is 6.03. The van der Waals surface area contributed by atoms with Gasteiger partial charge in [0.15, 0.2) is 16.4 Å². The zero-order valence-corrected chi connectivity index (χ0v) is 15.0. The van der Waals surface area contributed by atoms with Crippen molar-refractivity contribution in [2.75, 3.05) is 18.1 Å². The molecule has 0 bridgehead atoms. The minimum atomic E-state index is -3.17. The van der Waals surface area contributed by atoms with Crippen LogP contribution >= 0.6 is 0 Å². The highest BCUT2D eigenvalue weighted by Crippen LogP contribution is 2.21. The summed E-state index contributed by atoms with van der Waals surface area (Å²) in [7, 11) is -3.17. The molecule has 3 heterocycles. The van der Waals surface area contributed by atoms with Crippen molar-refractivity contribution in [3.8, 4) is 0 Å². The molecule has 140 valence electrons. The van der Waals surface area contributed by atoms with Crippen LogP contribution in [0.1, 0.15) is 28.3 Å². The third-order valence-electron chi connectivity index (χ3n) is 4.28. The van der Waals surface area contributed by atoms with Crippen molar-refractivity contribution in [1.29, 1.82) is 0 Å². The maximum Gasteiger partial charge on any atom is 0.342 e. The lowest BCUT2D eigenvalue weighted by atomic mass is 10.2. The molecule has 9 heteroatoms. The molecule has 1 saturated heterocycles. The SMILES string of the molecule is Cc1occc1C(=O)OCC(=O)N(Cc1ccco1)[C@H]1CCS(=O)(=O)C1. The maximum absolute atomic E-state index is 12.6. The standard InChI is InChI=1S/C17H19NO7S/c1-12-15(4-7-23-12)17(20)25-10-16(19)18(9-14-3-2-6-24-14)13-5-8-26(21,22)11-13/h2-4,6-7,13H,5,8-11H2,1H3/t13-/m0/s1. The summed E-state index contributed by atoms with van der Waals surface area (Å²) < 4.78 is 38.9. The predicted octanol–water partition coefficient (Wildman–Crippen LogP) is 1.55. The van der Waals surface area contributed by atoms with Crippen molar-refractivity contribution in [3.63, 3.8) is 0 Å². The first-order chi connectivity index (χ1) is 12.4. The summed E-state index contributed by atoms with van der Waals surface area (Å²) in [5.41, 5.74) is 0.249. The van der Waals surface area contributed by atoms with Crippen LogP contribution in [0.15, 0.2) is 39.6 Å². The highest BCUT2D eigenvalue weighted by atomic mass is 32.2. The van der Waals surface area contributed by atoms with Crippen LogP contribution in [0.25, 0.3) is 0 Å². The van der Waals surface area contributed by atoms with Crippen LogP contribution in [0.3, 0.4) is 0 Å². The van der Waals surface area contributed by atoms with Crippen LogP contribution in [0.2, 0.25) is 0 Å². The predicted molar refractivity (Wildman–Crippen MR) is 90.0 cm³/mol. The van der Waals surface area contributed by atoms with Gasteiger partial charge < -0.3 is 18.5 Å². The second kappa shape index (κ2) is 7.36. The number of furan rings is 2. The molecule has 0 aromatic carbocycles. The quantitative estimate of drug-likeness (QED) is 0.699. The number of rotatable bonds is 6. The zero-order chi connectivity index (χ0) is 18.7. The van der Waals surface area contributed by atoms with Crippen LogP contribution in [-0.4, -0.2) is 49.3 Å². The van der Waals surface area contributed by atoms with Gasteiger partial charge >= 0.3 is 5.97 Å². The number of nitrogens with zero attached hydrogens (tertiary/aromatic N) is 1. The van der Waals surface area contributed by atoms with Gasteiger partial charge in [-0.3, -0.25) is 4.79 Å². The Hall–Kier alpha value is -2.55. The molecule has 1 atom stereocenters. The average molecular weight is 381 g/mol.